The van der Waals surface area contributed by atoms with Gasteiger partial charge in [-0.15, -0.1) is 4.91 Å². The molecule has 1 aliphatic carbocycles. The van der Waals surface area contributed by atoms with E-state index in [4.69, 9.17) is 4.74 Å². The topological polar surface area (TPSA) is 122 Å². The largest absolute Gasteiger partial charge is 0.507 e. The molecule has 43 heavy (non-hydrogen) atoms. The predicted octanol–water partition coefficient (Wildman–Crippen LogP) is 7.43. The summed E-state index contributed by atoms with van der Waals surface area (Å²) >= 11 is 0. The number of ketones is 2. The predicted molar refractivity (Wildman–Crippen MR) is 166 cm³/mol. The monoisotopic (exact) mass is 580 g/mol. The third kappa shape index (κ3) is 5.61. The first-order chi connectivity index (χ1) is 20.2. The highest BCUT2D eigenvalue weighted by Gasteiger charge is 2.45. The van der Waals surface area contributed by atoms with E-state index < -0.39 is 23.7 Å². The van der Waals surface area contributed by atoms with Gasteiger partial charge in [0.2, 0.25) is 0 Å². The van der Waals surface area contributed by atoms with Crippen molar-refractivity contribution < 1.29 is 24.2 Å². The van der Waals surface area contributed by atoms with E-state index in [0.717, 1.165) is 22.3 Å². The maximum absolute atomic E-state index is 13.3. The molecule has 5 rings (SSSR count). The molecule has 0 spiro atoms. The Morgan fingerprint density at radius 3 is 2.23 bits per heavy atom. The van der Waals surface area contributed by atoms with Crippen LogP contribution in [0, 0.1) is 10.8 Å². The lowest BCUT2D eigenvalue weighted by atomic mass is 9.78. The Hall–Kier alpha value is -4.59. The second kappa shape index (κ2) is 10.9. The highest BCUT2D eigenvalue weighted by molar-refractivity contribution is 6.29. The smallest absolute Gasteiger partial charge is 0.311 e. The highest BCUT2D eigenvalue weighted by Crippen LogP contribution is 2.42. The Labute approximate surface area is 251 Å². The molecular weight excluding hydrogens is 544 g/mol. The van der Waals surface area contributed by atoms with E-state index in [1.54, 1.807) is 24.3 Å². The highest BCUT2D eigenvalue weighted by atomic mass is 16.5. The Balaban J connectivity index is 1.34. The summed E-state index contributed by atoms with van der Waals surface area (Å²) in [5.41, 5.74) is 3.46. The molecule has 0 saturated carbocycles. The van der Waals surface area contributed by atoms with E-state index in [-0.39, 0.29) is 45.6 Å². The fraction of sp³-hybridized carbons (Fsp3) is 0.343. The van der Waals surface area contributed by atoms with Crippen molar-refractivity contribution in [1.29, 1.82) is 0 Å². The number of nitroso groups, excluding NO2 is 1. The fourth-order valence-electron chi connectivity index (χ4n) is 5.79. The van der Waals surface area contributed by atoms with Gasteiger partial charge in [-0.05, 0) is 51.3 Å². The SMILES string of the molecule is CC(C)(C)c1cc(CCC(=O)Oc2cccc3c2NC(C2C(=O)c4cccc(N=O)c4C2=O)C=C3)cc(C(C)(C)C)c1O. The van der Waals surface area contributed by atoms with Gasteiger partial charge in [0.25, 0.3) is 0 Å². The number of phenols is 1. The van der Waals surface area contributed by atoms with Crippen LogP contribution in [0.3, 0.4) is 0 Å². The first kappa shape index (κ1) is 29.9. The maximum atomic E-state index is 13.3. The van der Waals surface area contributed by atoms with Crippen LogP contribution in [0.2, 0.25) is 0 Å². The van der Waals surface area contributed by atoms with Crippen molar-refractivity contribution in [2.24, 2.45) is 11.1 Å². The van der Waals surface area contributed by atoms with E-state index in [1.807, 2.05) is 59.7 Å². The Bertz CT molecular complexity index is 1650. The average molecular weight is 581 g/mol. The average Bonchev–Trinajstić information content (AvgIpc) is 3.20. The number of aromatic hydroxyl groups is 1. The molecule has 1 heterocycles. The van der Waals surface area contributed by atoms with Crippen LogP contribution in [-0.4, -0.2) is 28.7 Å². The number of carbonyl (C=O) groups excluding carboxylic acids is 3. The third-order valence-corrected chi connectivity index (χ3v) is 8.06. The molecule has 0 bridgehead atoms. The normalized spacial score (nSPS) is 17.7. The van der Waals surface area contributed by atoms with Crippen LogP contribution in [0.5, 0.6) is 11.5 Å². The molecule has 8 nitrogen and oxygen atoms in total. The van der Waals surface area contributed by atoms with Gasteiger partial charge in [-0.1, -0.05) is 90.1 Å². The van der Waals surface area contributed by atoms with Crippen molar-refractivity contribution in [3.8, 4) is 11.5 Å². The lowest BCUT2D eigenvalue weighted by molar-refractivity contribution is -0.134. The number of hydrogen-bond acceptors (Lipinski definition) is 8. The summed E-state index contributed by atoms with van der Waals surface area (Å²) in [4.78, 5) is 50.9. The third-order valence-electron chi connectivity index (χ3n) is 8.06. The fourth-order valence-corrected chi connectivity index (χ4v) is 5.79. The molecule has 0 radical (unpaired) electrons. The van der Waals surface area contributed by atoms with Gasteiger partial charge in [0, 0.05) is 17.5 Å². The Morgan fingerprint density at radius 1 is 0.953 bits per heavy atom. The van der Waals surface area contributed by atoms with Gasteiger partial charge in [-0.2, -0.15) is 0 Å². The van der Waals surface area contributed by atoms with E-state index in [9.17, 15) is 24.4 Å². The number of anilines is 1. The summed E-state index contributed by atoms with van der Waals surface area (Å²) in [6.07, 6.45) is 4.05. The minimum Gasteiger partial charge on any atom is -0.507 e. The van der Waals surface area contributed by atoms with Crippen LogP contribution in [0.4, 0.5) is 11.4 Å². The van der Waals surface area contributed by atoms with Crippen LogP contribution in [0.1, 0.15) is 90.9 Å². The maximum Gasteiger partial charge on any atom is 0.311 e. The van der Waals surface area contributed by atoms with Gasteiger partial charge in [0.15, 0.2) is 17.3 Å². The quantitative estimate of drug-likeness (QED) is 0.135. The van der Waals surface area contributed by atoms with Crippen molar-refractivity contribution >= 4 is 35.0 Å². The number of rotatable bonds is 6. The van der Waals surface area contributed by atoms with Gasteiger partial charge in [-0.3, -0.25) is 14.4 Å². The van der Waals surface area contributed by atoms with Crippen molar-refractivity contribution in [1.82, 2.24) is 0 Å². The molecular formula is C35H36N2O6. The van der Waals surface area contributed by atoms with E-state index in [0.29, 0.717) is 17.9 Å². The number of ether oxygens (including phenoxy) is 1. The number of aryl methyl sites for hydroxylation is 1. The number of phenolic OH excluding ortho intramolecular Hbond substituents is 1. The Kier molecular flexibility index (Phi) is 7.59. The van der Waals surface area contributed by atoms with Crippen molar-refractivity contribution in [2.75, 3.05) is 5.32 Å². The van der Waals surface area contributed by atoms with Crippen LogP contribution in [-0.2, 0) is 22.0 Å². The van der Waals surface area contributed by atoms with Gasteiger partial charge in [-0.25, -0.2) is 0 Å². The second-order valence-electron chi connectivity index (χ2n) is 13.3. The molecule has 3 aromatic carbocycles. The molecule has 3 aromatic rings. The van der Waals surface area contributed by atoms with Crippen LogP contribution >= 0.6 is 0 Å². The molecule has 0 fully saturated rings. The van der Waals surface area contributed by atoms with Gasteiger partial charge in [0.1, 0.15) is 17.4 Å². The summed E-state index contributed by atoms with van der Waals surface area (Å²) in [5, 5.41) is 17.2. The Morgan fingerprint density at radius 2 is 1.60 bits per heavy atom. The number of carbonyl (C=O) groups is 3. The van der Waals surface area contributed by atoms with E-state index >= 15 is 0 Å². The van der Waals surface area contributed by atoms with Crippen LogP contribution < -0.4 is 10.1 Å². The zero-order valence-corrected chi connectivity index (χ0v) is 25.3. The second-order valence-corrected chi connectivity index (χ2v) is 13.3. The molecule has 2 atom stereocenters. The van der Waals surface area contributed by atoms with Crippen LogP contribution in [0.15, 0.2) is 59.8 Å². The van der Waals surface area contributed by atoms with Crippen molar-refractivity contribution in [3.05, 3.63) is 92.9 Å². The summed E-state index contributed by atoms with van der Waals surface area (Å²) in [7, 11) is 0. The van der Waals surface area contributed by atoms with E-state index in [2.05, 4.69) is 10.5 Å². The number of Topliss-reactive ketones (excluding diaryl/α,β-unsaturated/α-hetero) is 2. The van der Waals surface area contributed by atoms with E-state index in [1.165, 1.54) is 18.2 Å². The van der Waals surface area contributed by atoms with Crippen molar-refractivity contribution in [2.45, 2.75) is 71.3 Å². The van der Waals surface area contributed by atoms with Gasteiger partial charge in [0.05, 0.1) is 17.3 Å². The van der Waals surface area contributed by atoms with Gasteiger partial charge >= 0.3 is 5.97 Å². The number of para-hydroxylation sites is 1. The molecule has 2 N–H and O–H groups in total. The van der Waals surface area contributed by atoms with Crippen molar-refractivity contribution in [3.63, 3.8) is 0 Å². The number of benzene rings is 3. The molecule has 2 unspecified atom stereocenters. The summed E-state index contributed by atoms with van der Waals surface area (Å²) < 4.78 is 5.81. The first-order valence-corrected chi connectivity index (χ1v) is 14.4. The summed E-state index contributed by atoms with van der Waals surface area (Å²) in [6.45, 7) is 12.3. The summed E-state index contributed by atoms with van der Waals surface area (Å²) in [6, 6.07) is 13.0. The standard InChI is InChI=1S/C35H36N2O6/c1-34(2,3)22-17-19(18-23(32(22)40)35(4,5)6)13-16-27(38)43-26-12-7-9-20-14-15-24(36-30(20)26)29-31(39)21-10-8-11-25(37-42)28(21)33(29)41/h7-12,14-15,17-18,24,29,36,40H,13,16H2,1-6H3. The molecule has 0 saturated heterocycles. The first-order valence-electron chi connectivity index (χ1n) is 14.4. The molecule has 8 heteroatoms. The zero-order chi connectivity index (χ0) is 31.3. The van der Waals surface area contributed by atoms with Crippen LogP contribution in [0.25, 0.3) is 6.08 Å². The number of fused-ring (bicyclic) bond motifs is 2. The van der Waals surface area contributed by atoms with Gasteiger partial charge < -0.3 is 15.2 Å². The number of hydrogen-bond donors (Lipinski definition) is 2. The molecule has 0 amide bonds. The minimum atomic E-state index is -1.07. The molecule has 222 valence electrons. The lowest BCUT2D eigenvalue weighted by Gasteiger charge is -2.28. The lowest BCUT2D eigenvalue weighted by Crippen LogP contribution is -2.36. The number of esters is 1. The zero-order valence-electron chi connectivity index (χ0n) is 25.3. The number of nitrogens with one attached hydrogen (secondary N) is 1. The summed E-state index contributed by atoms with van der Waals surface area (Å²) in [5.74, 6) is -1.78. The molecule has 2 aliphatic rings. The minimum absolute atomic E-state index is 0.0478. The number of nitrogens with zero attached hydrogens (tertiary/aromatic N) is 1. The molecule has 0 aromatic heterocycles. The molecule has 1 aliphatic heterocycles.